The van der Waals surface area contributed by atoms with Gasteiger partial charge in [0.05, 0.1) is 21.7 Å². The highest BCUT2D eigenvalue weighted by molar-refractivity contribution is 6.31. The van der Waals surface area contributed by atoms with Gasteiger partial charge in [-0.05, 0) is 24.1 Å². The van der Waals surface area contributed by atoms with Crippen molar-refractivity contribution < 1.29 is 4.39 Å². The predicted molar refractivity (Wildman–Crippen MR) is 79.8 cm³/mol. The molecule has 3 aromatic rings. The summed E-state index contributed by atoms with van der Waals surface area (Å²) in [6, 6.07) is 10.7. The van der Waals surface area contributed by atoms with Crippen LogP contribution < -0.4 is 5.73 Å². The first-order valence-electron chi connectivity index (χ1n) is 6.33. The highest BCUT2D eigenvalue weighted by Gasteiger charge is 2.14. The van der Waals surface area contributed by atoms with Gasteiger partial charge in [0.15, 0.2) is 0 Å². The van der Waals surface area contributed by atoms with Crippen molar-refractivity contribution in [2.24, 2.45) is 0 Å². The van der Waals surface area contributed by atoms with Gasteiger partial charge in [-0.1, -0.05) is 36.7 Å². The van der Waals surface area contributed by atoms with Crippen LogP contribution in [0.4, 0.5) is 10.3 Å². The molecule has 5 heteroatoms. The molecule has 0 spiro atoms. The molecule has 102 valence electrons. The van der Waals surface area contributed by atoms with Crippen LogP contribution in [0.5, 0.6) is 0 Å². The Morgan fingerprint density at radius 3 is 2.80 bits per heavy atom. The zero-order valence-electron chi connectivity index (χ0n) is 10.9. The van der Waals surface area contributed by atoms with Crippen LogP contribution in [0.3, 0.4) is 0 Å². The normalized spacial score (nSPS) is 11.2. The number of para-hydroxylation sites is 1. The summed E-state index contributed by atoms with van der Waals surface area (Å²) in [6.07, 6.45) is 0.853. The Morgan fingerprint density at radius 1 is 1.30 bits per heavy atom. The molecule has 2 N–H and O–H groups in total. The van der Waals surface area contributed by atoms with Crippen LogP contribution in [0.1, 0.15) is 12.5 Å². The van der Waals surface area contributed by atoms with Crippen molar-refractivity contribution in [1.82, 2.24) is 9.55 Å². The molecule has 1 heterocycles. The Balaban J connectivity index is 2.36. The van der Waals surface area contributed by atoms with E-state index in [2.05, 4.69) is 11.9 Å². The van der Waals surface area contributed by atoms with Crippen LogP contribution in [0, 0.1) is 5.82 Å². The molecule has 0 aliphatic carbocycles. The smallest absolute Gasteiger partial charge is 0.205 e. The molecule has 0 saturated carbocycles. The number of anilines is 1. The number of nitrogens with two attached hydrogens (primary N) is 1. The largest absolute Gasteiger partial charge is 0.369 e. The Hall–Kier alpha value is -2.07. The minimum atomic E-state index is -0.478. The van der Waals surface area contributed by atoms with Crippen molar-refractivity contribution in [1.29, 1.82) is 0 Å². The van der Waals surface area contributed by atoms with Gasteiger partial charge in [-0.25, -0.2) is 9.37 Å². The first kappa shape index (κ1) is 12.9. The third-order valence-electron chi connectivity index (χ3n) is 3.34. The average molecular weight is 290 g/mol. The Labute approximate surface area is 120 Å². The minimum absolute atomic E-state index is 0.0472. The number of aromatic nitrogens is 2. The number of rotatable bonds is 2. The number of nitrogens with zero attached hydrogens (tertiary/aromatic N) is 2. The van der Waals surface area contributed by atoms with E-state index in [0.717, 1.165) is 17.7 Å². The standard InChI is InChI=1S/C15H13ClFN3/c1-2-9-5-3-4-6-13(9)20-14-8-11(17)10(16)7-12(14)19-15(20)18/h3-8H,2H2,1H3,(H2,18,19). The maximum absolute atomic E-state index is 13.7. The lowest BCUT2D eigenvalue weighted by Crippen LogP contribution is -2.03. The maximum Gasteiger partial charge on any atom is 0.205 e. The van der Waals surface area contributed by atoms with Gasteiger partial charge in [0.25, 0.3) is 0 Å². The predicted octanol–water partition coefficient (Wildman–Crippen LogP) is 3.96. The van der Waals surface area contributed by atoms with E-state index in [1.54, 1.807) is 4.57 Å². The van der Waals surface area contributed by atoms with Gasteiger partial charge in [0, 0.05) is 6.07 Å². The molecule has 0 aliphatic rings. The van der Waals surface area contributed by atoms with Crippen LogP contribution in [0.15, 0.2) is 36.4 Å². The summed E-state index contributed by atoms with van der Waals surface area (Å²) in [5.41, 5.74) is 9.23. The monoisotopic (exact) mass is 289 g/mol. The van der Waals surface area contributed by atoms with Gasteiger partial charge in [-0.3, -0.25) is 4.57 Å². The summed E-state index contributed by atoms with van der Waals surface area (Å²) in [5.74, 6) is -0.156. The first-order chi connectivity index (χ1) is 9.61. The molecule has 0 atom stereocenters. The number of hydrogen-bond donors (Lipinski definition) is 1. The fourth-order valence-electron chi connectivity index (χ4n) is 2.37. The molecule has 0 saturated heterocycles. The van der Waals surface area contributed by atoms with Gasteiger partial charge in [0.1, 0.15) is 5.82 Å². The number of aryl methyl sites for hydroxylation is 1. The molecule has 1 aromatic heterocycles. The fraction of sp³-hybridized carbons (Fsp3) is 0.133. The van der Waals surface area contributed by atoms with E-state index >= 15 is 0 Å². The number of fused-ring (bicyclic) bond motifs is 1. The van der Waals surface area contributed by atoms with Crippen molar-refractivity contribution in [2.75, 3.05) is 5.73 Å². The van der Waals surface area contributed by atoms with Crippen molar-refractivity contribution >= 4 is 28.6 Å². The number of halogens is 2. The van der Waals surface area contributed by atoms with Gasteiger partial charge >= 0.3 is 0 Å². The Kier molecular flexibility index (Phi) is 3.10. The lowest BCUT2D eigenvalue weighted by Gasteiger charge is -2.11. The van der Waals surface area contributed by atoms with Crippen LogP contribution in [-0.4, -0.2) is 9.55 Å². The molecule has 0 unspecified atom stereocenters. The van der Waals surface area contributed by atoms with Gasteiger partial charge in [-0.15, -0.1) is 0 Å². The van der Waals surface area contributed by atoms with Gasteiger partial charge in [0.2, 0.25) is 5.95 Å². The van der Waals surface area contributed by atoms with E-state index in [1.807, 2.05) is 24.3 Å². The molecular weight excluding hydrogens is 277 g/mol. The SMILES string of the molecule is CCc1ccccc1-n1c(N)nc2cc(Cl)c(F)cc21. The molecule has 3 nitrogen and oxygen atoms in total. The molecular formula is C15H13ClFN3. The molecule has 0 bridgehead atoms. The molecule has 0 radical (unpaired) electrons. The average Bonchev–Trinajstić information content (AvgIpc) is 2.74. The van der Waals surface area contributed by atoms with Crippen molar-refractivity contribution in [2.45, 2.75) is 13.3 Å². The number of nitrogen functional groups attached to an aromatic ring is 1. The van der Waals surface area contributed by atoms with Crippen LogP contribution in [-0.2, 0) is 6.42 Å². The summed E-state index contributed by atoms with van der Waals surface area (Å²) in [5, 5.41) is 0.0472. The third kappa shape index (κ3) is 1.93. The van der Waals surface area contributed by atoms with Crippen molar-refractivity contribution in [3.05, 3.63) is 52.8 Å². The van der Waals surface area contributed by atoms with E-state index in [1.165, 1.54) is 12.1 Å². The zero-order valence-corrected chi connectivity index (χ0v) is 11.7. The van der Waals surface area contributed by atoms with E-state index in [4.69, 9.17) is 17.3 Å². The van der Waals surface area contributed by atoms with E-state index in [-0.39, 0.29) is 5.02 Å². The van der Waals surface area contributed by atoms with Crippen LogP contribution in [0.25, 0.3) is 16.7 Å². The van der Waals surface area contributed by atoms with Crippen molar-refractivity contribution in [3.8, 4) is 5.69 Å². The summed E-state index contributed by atoms with van der Waals surface area (Å²) in [7, 11) is 0. The number of imidazole rings is 1. The molecule has 2 aromatic carbocycles. The Morgan fingerprint density at radius 2 is 2.05 bits per heavy atom. The Bertz CT molecular complexity index is 795. The summed E-state index contributed by atoms with van der Waals surface area (Å²) < 4.78 is 15.5. The summed E-state index contributed by atoms with van der Waals surface area (Å²) in [4.78, 5) is 4.26. The second-order valence-electron chi connectivity index (χ2n) is 4.54. The second kappa shape index (κ2) is 4.80. The van der Waals surface area contributed by atoms with Gasteiger partial charge in [-0.2, -0.15) is 0 Å². The number of benzene rings is 2. The van der Waals surface area contributed by atoms with Crippen LogP contribution >= 0.6 is 11.6 Å². The zero-order chi connectivity index (χ0) is 14.3. The fourth-order valence-corrected chi connectivity index (χ4v) is 2.53. The molecule has 0 aliphatic heterocycles. The molecule has 0 amide bonds. The summed E-state index contributed by atoms with van der Waals surface area (Å²) in [6.45, 7) is 2.06. The lowest BCUT2D eigenvalue weighted by molar-refractivity contribution is 0.629. The summed E-state index contributed by atoms with van der Waals surface area (Å²) >= 11 is 5.79. The molecule has 3 rings (SSSR count). The maximum atomic E-state index is 13.7. The third-order valence-corrected chi connectivity index (χ3v) is 3.63. The van der Waals surface area contributed by atoms with Crippen LogP contribution in [0.2, 0.25) is 5.02 Å². The van der Waals surface area contributed by atoms with E-state index in [0.29, 0.717) is 17.0 Å². The highest BCUT2D eigenvalue weighted by atomic mass is 35.5. The van der Waals surface area contributed by atoms with Gasteiger partial charge < -0.3 is 5.73 Å². The van der Waals surface area contributed by atoms with Crippen molar-refractivity contribution in [3.63, 3.8) is 0 Å². The highest BCUT2D eigenvalue weighted by Crippen LogP contribution is 2.29. The second-order valence-corrected chi connectivity index (χ2v) is 4.95. The molecule has 20 heavy (non-hydrogen) atoms. The lowest BCUT2D eigenvalue weighted by atomic mass is 10.1. The minimum Gasteiger partial charge on any atom is -0.369 e. The topological polar surface area (TPSA) is 43.8 Å². The first-order valence-corrected chi connectivity index (χ1v) is 6.71. The quantitative estimate of drug-likeness (QED) is 0.776. The molecule has 0 fully saturated rings. The van der Waals surface area contributed by atoms with E-state index < -0.39 is 5.82 Å². The van der Waals surface area contributed by atoms with E-state index in [9.17, 15) is 4.39 Å². The number of hydrogen-bond acceptors (Lipinski definition) is 2.